The lowest BCUT2D eigenvalue weighted by Gasteiger charge is -2.45. The van der Waals surface area contributed by atoms with Gasteiger partial charge in [0.25, 0.3) is 10.1 Å². The molecule has 2 fully saturated rings. The lowest BCUT2D eigenvalue weighted by atomic mass is 9.65. The van der Waals surface area contributed by atoms with Crippen molar-refractivity contribution in [2.75, 3.05) is 13.2 Å². The van der Waals surface area contributed by atoms with Crippen LogP contribution in [-0.4, -0.2) is 37.2 Å². The molecular weight excluding hydrogens is 316 g/mol. The lowest BCUT2D eigenvalue weighted by molar-refractivity contribution is -0.185. The average molecular weight is 340 g/mol. The molecule has 1 aliphatic carbocycles. The first-order valence-electron chi connectivity index (χ1n) is 8.15. The molecule has 1 atom stereocenters. The first-order valence-corrected chi connectivity index (χ1v) is 9.65. The zero-order valence-electron chi connectivity index (χ0n) is 13.4. The Hall–Kier alpha value is -0.950. The highest BCUT2D eigenvalue weighted by Crippen LogP contribution is 2.49. The summed E-state index contributed by atoms with van der Waals surface area (Å²) in [5, 5.41) is -0.790. The van der Waals surface area contributed by atoms with Gasteiger partial charge in [-0.1, -0.05) is 30.3 Å². The van der Waals surface area contributed by atoms with Crippen molar-refractivity contribution < 1.29 is 22.4 Å². The first kappa shape index (κ1) is 16.9. The summed E-state index contributed by atoms with van der Waals surface area (Å²) in [6, 6.07) is 10.00. The maximum atomic E-state index is 11.5. The molecule has 0 amide bonds. The van der Waals surface area contributed by atoms with E-state index in [9.17, 15) is 13.0 Å². The van der Waals surface area contributed by atoms with Crippen LogP contribution in [0.1, 0.15) is 44.6 Å². The SMILES string of the molecule is CC(CC1(c2ccccc2)CCC2(CC1)OCCO2)S(=O)(=O)O. The molecule has 1 saturated heterocycles. The molecule has 5 nitrogen and oxygen atoms in total. The van der Waals surface area contributed by atoms with E-state index in [1.807, 2.05) is 30.3 Å². The highest BCUT2D eigenvalue weighted by atomic mass is 32.2. The number of rotatable bonds is 4. The Morgan fingerprint density at radius 1 is 1.09 bits per heavy atom. The van der Waals surface area contributed by atoms with Crippen LogP contribution in [0.2, 0.25) is 0 Å². The van der Waals surface area contributed by atoms with Gasteiger partial charge in [0.1, 0.15) is 0 Å². The summed E-state index contributed by atoms with van der Waals surface area (Å²) in [5.74, 6) is -0.486. The van der Waals surface area contributed by atoms with Crippen LogP contribution in [0.15, 0.2) is 30.3 Å². The molecule has 2 aliphatic rings. The number of benzene rings is 1. The van der Waals surface area contributed by atoms with E-state index in [4.69, 9.17) is 9.47 Å². The van der Waals surface area contributed by atoms with Crippen LogP contribution in [0, 0.1) is 0 Å². The molecule has 0 aromatic heterocycles. The van der Waals surface area contributed by atoms with Crippen molar-refractivity contribution in [2.24, 2.45) is 0 Å². The first-order chi connectivity index (χ1) is 10.9. The lowest BCUT2D eigenvalue weighted by Crippen LogP contribution is -2.44. The second kappa shape index (κ2) is 6.16. The molecular formula is C17H24O5S. The summed E-state index contributed by atoms with van der Waals surface area (Å²) in [7, 11) is -4.04. The summed E-state index contributed by atoms with van der Waals surface area (Å²) < 4.78 is 44.1. The number of hydrogen-bond acceptors (Lipinski definition) is 4. The molecule has 0 radical (unpaired) electrons. The van der Waals surface area contributed by atoms with Crippen molar-refractivity contribution in [3.63, 3.8) is 0 Å². The van der Waals surface area contributed by atoms with Crippen molar-refractivity contribution >= 4 is 10.1 Å². The third-order valence-corrected chi connectivity index (χ3v) is 6.54. The van der Waals surface area contributed by atoms with E-state index >= 15 is 0 Å². The van der Waals surface area contributed by atoms with Gasteiger partial charge in [0.05, 0.1) is 18.5 Å². The molecule has 1 unspecified atom stereocenters. The van der Waals surface area contributed by atoms with Gasteiger partial charge in [-0.05, 0) is 37.2 Å². The fraction of sp³-hybridized carbons (Fsp3) is 0.647. The van der Waals surface area contributed by atoms with Crippen LogP contribution < -0.4 is 0 Å². The fourth-order valence-corrected chi connectivity index (χ4v) is 4.48. The molecule has 23 heavy (non-hydrogen) atoms. The predicted octanol–water partition coefficient (Wildman–Crippen LogP) is 2.91. The second-order valence-corrected chi connectivity index (χ2v) is 8.62. The molecule has 3 rings (SSSR count). The Balaban J connectivity index is 1.87. The Morgan fingerprint density at radius 3 is 2.17 bits per heavy atom. The Bertz CT molecular complexity index is 624. The van der Waals surface area contributed by atoms with Crippen LogP contribution in [-0.2, 0) is 25.0 Å². The molecule has 1 heterocycles. The molecule has 0 bridgehead atoms. The molecule has 1 N–H and O–H groups in total. The van der Waals surface area contributed by atoms with E-state index in [1.165, 1.54) is 0 Å². The molecule has 6 heteroatoms. The highest BCUT2D eigenvalue weighted by Gasteiger charge is 2.48. The van der Waals surface area contributed by atoms with E-state index < -0.39 is 21.2 Å². The topological polar surface area (TPSA) is 72.8 Å². The molecule has 1 saturated carbocycles. The van der Waals surface area contributed by atoms with E-state index in [0.29, 0.717) is 19.6 Å². The van der Waals surface area contributed by atoms with Gasteiger partial charge in [-0.25, -0.2) is 0 Å². The van der Waals surface area contributed by atoms with Crippen LogP contribution >= 0.6 is 0 Å². The minimum Gasteiger partial charge on any atom is -0.348 e. The molecule has 1 spiro atoms. The highest BCUT2D eigenvalue weighted by molar-refractivity contribution is 7.86. The second-order valence-electron chi connectivity index (χ2n) is 6.78. The monoisotopic (exact) mass is 340 g/mol. The minimum absolute atomic E-state index is 0.267. The van der Waals surface area contributed by atoms with Crippen LogP contribution in [0.25, 0.3) is 0 Å². The average Bonchev–Trinajstić information content (AvgIpc) is 2.98. The van der Waals surface area contributed by atoms with Crippen molar-refractivity contribution in [2.45, 2.75) is 55.5 Å². The van der Waals surface area contributed by atoms with E-state index in [2.05, 4.69) is 0 Å². The maximum absolute atomic E-state index is 11.5. The number of hydrogen-bond donors (Lipinski definition) is 1. The van der Waals surface area contributed by atoms with Gasteiger partial charge in [0.2, 0.25) is 0 Å². The van der Waals surface area contributed by atoms with Crippen LogP contribution in [0.3, 0.4) is 0 Å². The van der Waals surface area contributed by atoms with Crippen molar-refractivity contribution in [3.05, 3.63) is 35.9 Å². The van der Waals surface area contributed by atoms with Crippen molar-refractivity contribution in [1.82, 2.24) is 0 Å². The van der Waals surface area contributed by atoms with Gasteiger partial charge < -0.3 is 9.47 Å². The summed E-state index contributed by atoms with van der Waals surface area (Å²) in [6.07, 6.45) is 3.49. The summed E-state index contributed by atoms with van der Waals surface area (Å²) >= 11 is 0. The van der Waals surface area contributed by atoms with Gasteiger partial charge in [0.15, 0.2) is 5.79 Å². The predicted molar refractivity (Wildman–Crippen MR) is 86.9 cm³/mol. The van der Waals surface area contributed by atoms with E-state index in [1.54, 1.807) is 6.92 Å². The third-order valence-electron chi connectivity index (χ3n) is 5.36. The Labute approximate surface area is 137 Å². The molecule has 128 valence electrons. The summed E-state index contributed by atoms with van der Waals surface area (Å²) in [5.41, 5.74) is 0.861. The zero-order chi connectivity index (χ0) is 16.6. The van der Waals surface area contributed by atoms with Crippen LogP contribution in [0.5, 0.6) is 0 Å². The summed E-state index contributed by atoms with van der Waals surface area (Å²) in [6.45, 7) is 2.83. The number of ether oxygens (including phenoxy) is 2. The molecule has 1 aliphatic heterocycles. The molecule has 1 aromatic rings. The van der Waals surface area contributed by atoms with Crippen LogP contribution in [0.4, 0.5) is 0 Å². The van der Waals surface area contributed by atoms with Gasteiger partial charge >= 0.3 is 0 Å². The Morgan fingerprint density at radius 2 is 1.65 bits per heavy atom. The van der Waals surface area contributed by atoms with E-state index in [-0.39, 0.29) is 5.41 Å². The quantitative estimate of drug-likeness (QED) is 0.853. The van der Waals surface area contributed by atoms with E-state index in [0.717, 1.165) is 31.2 Å². The van der Waals surface area contributed by atoms with Gasteiger partial charge in [-0.15, -0.1) is 0 Å². The fourth-order valence-electron chi connectivity index (χ4n) is 3.95. The third kappa shape index (κ3) is 3.45. The van der Waals surface area contributed by atoms with Gasteiger partial charge in [-0.2, -0.15) is 8.42 Å². The minimum atomic E-state index is -4.04. The normalized spacial score (nSPS) is 24.6. The Kier molecular flexibility index (Phi) is 4.53. The van der Waals surface area contributed by atoms with Gasteiger partial charge in [0, 0.05) is 12.8 Å². The van der Waals surface area contributed by atoms with Crippen molar-refractivity contribution in [3.8, 4) is 0 Å². The largest absolute Gasteiger partial charge is 0.348 e. The summed E-state index contributed by atoms with van der Waals surface area (Å²) in [4.78, 5) is 0. The molecule has 1 aromatic carbocycles. The zero-order valence-corrected chi connectivity index (χ0v) is 14.2. The maximum Gasteiger partial charge on any atom is 0.267 e. The van der Waals surface area contributed by atoms with Gasteiger partial charge in [-0.3, -0.25) is 4.55 Å². The standard InChI is InChI=1S/C17H24O5S/c1-14(23(18,19)20)13-16(15-5-3-2-4-6-15)7-9-17(10-8-16)21-11-12-22-17/h2-6,14H,7-13H2,1H3,(H,18,19,20). The van der Waals surface area contributed by atoms with Crippen molar-refractivity contribution in [1.29, 1.82) is 0 Å². The smallest absolute Gasteiger partial charge is 0.267 e.